The molecule has 0 atom stereocenters. The summed E-state index contributed by atoms with van der Waals surface area (Å²) in [6, 6.07) is 7.17. The number of pyridine rings is 1. The molecule has 0 saturated carbocycles. The van der Waals surface area contributed by atoms with Crippen molar-refractivity contribution in [3.63, 3.8) is 0 Å². The fraction of sp³-hybridized carbons (Fsp3) is 0.222. The maximum absolute atomic E-state index is 12.3. The van der Waals surface area contributed by atoms with E-state index in [0.29, 0.717) is 11.0 Å². The lowest BCUT2D eigenvalue weighted by atomic mass is 10.2. The number of aromatic nitrogens is 3. The summed E-state index contributed by atoms with van der Waals surface area (Å²) in [5, 5.41) is 4.96. The van der Waals surface area contributed by atoms with Crippen LogP contribution in [0.15, 0.2) is 47.6 Å². The maximum atomic E-state index is 12.3. The van der Waals surface area contributed by atoms with E-state index in [9.17, 15) is 18.0 Å². The van der Waals surface area contributed by atoms with E-state index in [1.165, 1.54) is 30.5 Å². The summed E-state index contributed by atoms with van der Waals surface area (Å²) in [5.41, 5.74) is 5.75. The summed E-state index contributed by atoms with van der Waals surface area (Å²) in [5.74, 6) is -1.11. The molecule has 0 saturated heterocycles. The lowest BCUT2D eigenvalue weighted by molar-refractivity contribution is 0.0846. The number of amides is 2. The van der Waals surface area contributed by atoms with E-state index in [-0.39, 0.29) is 22.1 Å². The summed E-state index contributed by atoms with van der Waals surface area (Å²) in [4.78, 5) is 28.8. The van der Waals surface area contributed by atoms with E-state index >= 15 is 0 Å². The number of nitrogens with zero attached hydrogens (tertiary/aromatic N) is 3. The van der Waals surface area contributed by atoms with Crippen LogP contribution in [0.2, 0.25) is 0 Å². The van der Waals surface area contributed by atoms with Crippen LogP contribution in [0.4, 0.5) is 0 Å². The van der Waals surface area contributed by atoms with Gasteiger partial charge in [0, 0.05) is 29.4 Å². The van der Waals surface area contributed by atoms with E-state index in [4.69, 9.17) is 0 Å². The Hall–Kier alpha value is -3.27. The van der Waals surface area contributed by atoms with Gasteiger partial charge in [0.15, 0.2) is 15.5 Å². The monoisotopic (exact) mass is 401 g/mol. The van der Waals surface area contributed by atoms with Crippen LogP contribution in [-0.2, 0) is 9.84 Å². The highest BCUT2D eigenvalue weighted by molar-refractivity contribution is 7.90. The molecule has 3 rings (SSSR count). The molecule has 0 bridgehead atoms. The second-order valence-corrected chi connectivity index (χ2v) is 8.54. The van der Waals surface area contributed by atoms with Crippen molar-refractivity contribution in [2.24, 2.45) is 0 Å². The van der Waals surface area contributed by atoms with Crippen LogP contribution in [0.1, 0.15) is 40.6 Å². The first-order valence-corrected chi connectivity index (χ1v) is 10.3. The number of sulfone groups is 1. The Kier molecular flexibility index (Phi) is 5.14. The normalized spacial score (nSPS) is 11.6. The summed E-state index contributed by atoms with van der Waals surface area (Å²) in [6.07, 6.45) is 4.12. The highest BCUT2D eigenvalue weighted by Crippen LogP contribution is 2.16. The molecule has 2 amide bonds. The second kappa shape index (κ2) is 7.39. The van der Waals surface area contributed by atoms with Gasteiger partial charge < -0.3 is 0 Å². The van der Waals surface area contributed by atoms with Crippen molar-refractivity contribution in [1.29, 1.82) is 0 Å². The first-order chi connectivity index (χ1) is 13.2. The van der Waals surface area contributed by atoms with Gasteiger partial charge in [0.1, 0.15) is 0 Å². The minimum Gasteiger partial charge on any atom is -0.267 e. The van der Waals surface area contributed by atoms with E-state index in [1.807, 2.05) is 13.8 Å². The molecule has 3 aromatic rings. The van der Waals surface area contributed by atoms with Crippen molar-refractivity contribution in [2.45, 2.75) is 24.8 Å². The van der Waals surface area contributed by atoms with Gasteiger partial charge in [-0.1, -0.05) is 0 Å². The number of carbonyl (C=O) groups is 2. The minimum atomic E-state index is -3.34. The fourth-order valence-electron chi connectivity index (χ4n) is 2.55. The number of hydrogen-bond acceptors (Lipinski definition) is 6. The van der Waals surface area contributed by atoms with Crippen LogP contribution in [0, 0.1) is 0 Å². The molecule has 9 nitrogen and oxygen atoms in total. The smallest absolute Gasteiger partial charge is 0.267 e. The van der Waals surface area contributed by atoms with E-state index < -0.39 is 21.7 Å². The Morgan fingerprint density at radius 3 is 2.18 bits per heavy atom. The van der Waals surface area contributed by atoms with Gasteiger partial charge in [-0.3, -0.25) is 20.4 Å². The summed E-state index contributed by atoms with van der Waals surface area (Å²) in [7, 11) is -3.34. The zero-order valence-electron chi connectivity index (χ0n) is 15.5. The zero-order valence-corrected chi connectivity index (χ0v) is 16.3. The third-order valence-corrected chi connectivity index (χ3v) is 5.15. The molecular formula is C18H19N5O4S. The molecule has 2 aromatic heterocycles. The van der Waals surface area contributed by atoms with Gasteiger partial charge in [-0.15, -0.1) is 0 Å². The Labute approximate surface area is 161 Å². The number of hydrazine groups is 1. The number of benzene rings is 1. The quantitative estimate of drug-likeness (QED) is 0.639. The van der Waals surface area contributed by atoms with Crippen molar-refractivity contribution in [2.75, 3.05) is 6.26 Å². The first-order valence-electron chi connectivity index (χ1n) is 8.41. The van der Waals surface area contributed by atoms with Crippen molar-refractivity contribution in [1.82, 2.24) is 25.6 Å². The number of rotatable bonds is 4. The average molecular weight is 401 g/mol. The van der Waals surface area contributed by atoms with Crippen LogP contribution in [0.25, 0.3) is 11.0 Å². The van der Waals surface area contributed by atoms with Crippen LogP contribution in [-0.4, -0.2) is 41.3 Å². The standard InChI is InChI=1S/C18H19N5O4S/c1-11(2)23-16-13(10-20-23)8-14(9-19-16)18(25)22-21-17(24)12-4-6-15(7-5-12)28(3,26)27/h4-11H,1-3H3,(H,21,24)(H,22,25). The Morgan fingerprint density at radius 1 is 1.00 bits per heavy atom. The third kappa shape index (κ3) is 4.01. The lowest BCUT2D eigenvalue weighted by Gasteiger charge is -2.09. The average Bonchev–Trinajstić information content (AvgIpc) is 3.08. The third-order valence-electron chi connectivity index (χ3n) is 4.02. The molecule has 0 radical (unpaired) electrons. The molecule has 28 heavy (non-hydrogen) atoms. The van der Waals surface area contributed by atoms with Crippen molar-refractivity contribution in [3.8, 4) is 0 Å². The highest BCUT2D eigenvalue weighted by Gasteiger charge is 2.14. The molecule has 2 N–H and O–H groups in total. The molecule has 146 valence electrons. The largest absolute Gasteiger partial charge is 0.271 e. The maximum Gasteiger partial charge on any atom is 0.271 e. The number of nitrogens with one attached hydrogen (secondary N) is 2. The van der Waals surface area contributed by atoms with Gasteiger partial charge in [-0.25, -0.2) is 18.1 Å². The predicted molar refractivity (Wildman–Crippen MR) is 102 cm³/mol. The van der Waals surface area contributed by atoms with Gasteiger partial charge >= 0.3 is 0 Å². The number of hydrogen-bond donors (Lipinski definition) is 2. The highest BCUT2D eigenvalue weighted by atomic mass is 32.2. The molecule has 2 heterocycles. The van der Waals surface area contributed by atoms with Crippen molar-refractivity contribution < 1.29 is 18.0 Å². The van der Waals surface area contributed by atoms with Crippen LogP contribution in [0.3, 0.4) is 0 Å². The fourth-order valence-corrected chi connectivity index (χ4v) is 3.18. The van der Waals surface area contributed by atoms with Gasteiger partial charge in [0.2, 0.25) is 0 Å². The minimum absolute atomic E-state index is 0.106. The van der Waals surface area contributed by atoms with Crippen molar-refractivity contribution >= 4 is 32.7 Å². The van der Waals surface area contributed by atoms with Gasteiger partial charge in [-0.05, 0) is 44.2 Å². The molecule has 0 fully saturated rings. The SMILES string of the molecule is CC(C)n1ncc2cc(C(=O)NNC(=O)c3ccc(S(C)(=O)=O)cc3)cnc21. The lowest BCUT2D eigenvalue weighted by Crippen LogP contribution is -2.41. The van der Waals surface area contributed by atoms with Gasteiger partial charge in [-0.2, -0.15) is 5.10 Å². The summed E-state index contributed by atoms with van der Waals surface area (Å²) < 4.78 is 24.6. The zero-order chi connectivity index (χ0) is 20.5. The number of carbonyl (C=O) groups excluding carboxylic acids is 2. The first kappa shape index (κ1) is 19.5. The van der Waals surface area contributed by atoms with Gasteiger partial charge in [0.25, 0.3) is 11.8 Å². The molecule has 0 aliphatic rings. The van der Waals surface area contributed by atoms with E-state index in [2.05, 4.69) is 20.9 Å². The summed E-state index contributed by atoms with van der Waals surface area (Å²) >= 11 is 0. The van der Waals surface area contributed by atoms with E-state index in [1.54, 1.807) is 16.9 Å². The molecule has 10 heteroatoms. The number of fused-ring (bicyclic) bond motifs is 1. The Balaban J connectivity index is 1.68. The van der Waals surface area contributed by atoms with Crippen LogP contribution < -0.4 is 10.9 Å². The molecule has 1 aromatic carbocycles. The Morgan fingerprint density at radius 2 is 1.61 bits per heavy atom. The predicted octanol–water partition coefficient (Wildman–Crippen LogP) is 1.49. The Bertz CT molecular complexity index is 1150. The molecule has 0 aliphatic heterocycles. The molecule has 0 spiro atoms. The van der Waals surface area contributed by atoms with Crippen molar-refractivity contribution in [3.05, 3.63) is 53.9 Å². The van der Waals surface area contributed by atoms with E-state index in [0.717, 1.165) is 6.26 Å². The topological polar surface area (TPSA) is 123 Å². The molecule has 0 aliphatic carbocycles. The van der Waals surface area contributed by atoms with Crippen LogP contribution in [0.5, 0.6) is 0 Å². The molecule has 0 unspecified atom stereocenters. The van der Waals surface area contributed by atoms with Crippen LogP contribution >= 0.6 is 0 Å². The van der Waals surface area contributed by atoms with Gasteiger partial charge in [0.05, 0.1) is 16.7 Å². The summed E-state index contributed by atoms with van der Waals surface area (Å²) in [6.45, 7) is 3.96. The molecular weight excluding hydrogens is 382 g/mol. The second-order valence-electron chi connectivity index (χ2n) is 6.52.